The molecule has 2 N–H and O–H groups in total. The lowest BCUT2D eigenvalue weighted by molar-refractivity contribution is -0.133. The zero-order valence-electron chi connectivity index (χ0n) is 13.9. The molecule has 0 saturated heterocycles. The van der Waals surface area contributed by atoms with Crippen molar-refractivity contribution in [3.05, 3.63) is 36.2 Å². The summed E-state index contributed by atoms with van der Waals surface area (Å²) in [6.45, 7) is 5.03. The number of likely N-dealkylation sites (N-methyl/N-ethyl adjacent to an activating group) is 1. The van der Waals surface area contributed by atoms with E-state index in [9.17, 15) is 9.59 Å². The highest BCUT2D eigenvalue weighted by atomic mass is 16.5. The second-order valence-electron chi connectivity index (χ2n) is 5.85. The highest BCUT2D eigenvalue weighted by molar-refractivity contribution is 5.81. The van der Waals surface area contributed by atoms with Crippen LogP contribution in [0.1, 0.15) is 26.3 Å². The molecular formula is C17H23N3O3. The monoisotopic (exact) mass is 317 g/mol. The number of carbonyl (C=O) groups is 2. The van der Waals surface area contributed by atoms with E-state index >= 15 is 0 Å². The van der Waals surface area contributed by atoms with E-state index in [1.54, 1.807) is 24.9 Å². The van der Waals surface area contributed by atoms with Gasteiger partial charge in [-0.3, -0.25) is 9.59 Å². The number of pyridine rings is 1. The third-order valence-electron chi connectivity index (χ3n) is 3.89. The molecule has 6 nitrogen and oxygen atoms in total. The first-order valence-corrected chi connectivity index (χ1v) is 7.60. The SMILES string of the molecule is CC(=O)Oc1cccn2ccc(CC(C)N(C)C(=O)[C@H](C)N)c12. The van der Waals surface area contributed by atoms with Crippen molar-refractivity contribution in [1.82, 2.24) is 9.30 Å². The Hall–Kier alpha value is -2.34. The molecule has 0 bridgehead atoms. The molecule has 0 aromatic carbocycles. The van der Waals surface area contributed by atoms with Gasteiger partial charge < -0.3 is 19.8 Å². The Kier molecular flexibility index (Phi) is 5.05. The van der Waals surface area contributed by atoms with Gasteiger partial charge in [0, 0.05) is 32.4 Å². The van der Waals surface area contributed by atoms with Crippen molar-refractivity contribution in [3.8, 4) is 5.75 Å². The van der Waals surface area contributed by atoms with Gasteiger partial charge >= 0.3 is 5.97 Å². The van der Waals surface area contributed by atoms with Gasteiger partial charge in [0.2, 0.25) is 5.91 Å². The van der Waals surface area contributed by atoms with Gasteiger partial charge in [-0.25, -0.2) is 0 Å². The van der Waals surface area contributed by atoms with Crippen molar-refractivity contribution in [2.75, 3.05) is 7.05 Å². The quantitative estimate of drug-likeness (QED) is 0.850. The summed E-state index contributed by atoms with van der Waals surface area (Å²) in [6.07, 6.45) is 4.45. The topological polar surface area (TPSA) is 77.0 Å². The number of hydrogen-bond acceptors (Lipinski definition) is 4. The van der Waals surface area contributed by atoms with E-state index < -0.39 is 6.04 Å². The Labute approximate surface area is 135 Å². The predicted molar refractivity (Wildman–Crippen MR) is 88.3 cm³/mol. The summed E-state index contributed by atoms with van der Waals surface area (Å²) in [7, 11) is 1.75. The van der Waals surface area contributed by atoms with Crippen LogP contribution in [0.15, 0.2) is 30.6 Å². The average molecular weight is 317 g/mol. The smallest absolute Gasteiger partial charge is 0.308 e. The number of ether oxygens (including phenoxy) is 1. The molecule has 2 aromatic rings. The van der Waals surface area contributed by atoms with E-state index in [1.165, 1.54) is 6.92 Å². The Morgan fingerprint density at radius 1 is 1.30 bits per heavy atom. The lowest BCUT2D eigenvalue weighted by Crippen LogP contribution is -2.44. The second-order valence-corrected chi connectivity index (χ2v) is 5.85. The average Bonchev–Trinajstić information content (AvgIpc) is 2.89. The van der Waals surface area contributed by atoms with Crippen molar-refractivity contribution in [3.63, 3.8) is 0 Å². The highest BCUT2D eigenvalue weighted by Gasteiger charge is 2.21. The van der Waals surface area contributed by atoms with Crippen LogP contribution in [0.5, 0.6) is 5.75 Å². The lowest BCUT2D eigenvalue weighted by atomic mass is 10.1. The second kappa shape index (κ2) is 6.83. The highest BCUT2D eigenvalue weighted by Crippen LogP contribution is 2.26. The molecule has 2 heterocycles. The van der Waals surface area contributed by atoms with Gasteiger partial charge in [-0.15, -0.1) is 0 Å². The number of carbonyl (C=O) groups excluding carboxylic acids is 2. The largest absolute Gasteiger partial charge is 0.424 e. The van der Waals surface area contributed by atoms with Crippen molar-refractivity contribution in [2.45, 2.75) is 39.3 Å². The summed E-state index contributed by atoms with van der Waals surface area (Å²) in [5.41, 5.74) is 7.52. The van der Waals surface area contributed by atoms with Gasteiger partial charge in [0.1, 0.15) is 0 Å². The van der Waals surface area contributed by atoms with E-state index in [0.29, 0.717) is 12.2 Å². The maximum Gasteiger partial charge on any atom is 0.308 e. The molecular weight excluding hydrogens is 294 g/mol. The molecule has 0 radical (unpaired) electrons. The maximum atomic E-state index is 12.0. The third-order valence-corrected chi connectivity index (χ3v) is 3.89. The zero-order chi connectivity index (χ0) is 17.1. The molecule has 23 heavy (non-hydrogen) atoms. The fourth-order valence-corrected chi connectivity index (χ4v) is 2.60. The molecule has 124 valence electrons. The Bertz CT molecular complexity index is 721. The fourth-order valence-electron chi connectivity index (χ4n) is 2.60. The fraction of sp³-hybridized carbons (Fsp3) is 0.412. The van der Waals surface area contributed by atoms with Gasteiger partial charge in [0.15, 0.2) is 5.75 Å². The van der Waals surface area contributed by atoms with Crippen LogP contribution in [0.4, 0.5) is 0 Å². The van der Waals surface area contributed by atoms with E-state index in [-0.39, 0.29) is 17.9 Å². The van der Waals surface area contributed by atoms with Crippen molar-refractivity contribution in [2.24, 2.45) is 5.73 Å². The van der Waals surface area contributed by atoms with Crippen molar-refractivity contribution < 1.29 is 14.3 Å². The normalized spacial score (nSPS) is 13.6. The van der Waals surface area contributed by atoms with Gasteiger partial charge in [-0.05, 0) is 44.0 Å². The van der Waals surface area contributed by atoms with Crippen LogP contribution in [0, 0.1) is 0 Å². The molecule has 0 aliphatic heterocycles. The van der Waals surface area contributed by atoms with Crippen LogP contribution in [0.3, 0.4) is 0 Å². The van der Waals surface area contributed by atoms with Crippen LogP contribution >= 0.6 is 0 Å². The number of esters is 1. The predicted octanol–water partition coefficient (Wildman–Crippen LogP) is 1.60. The zero-order valence-corrected chi connectivity index (χ0v) is 13.9. The lowest BCUT2D eigenvalue weighted by Gasteiger charge is -2.26. The maximum absolute atomic E-state index is 12.0. The summed E-state index contributed by atoms with van der Waals surface area (Å²) in [4.78, 5) is 25.0. The Balaban J connectivity index is 2.30. The van der Waals surface area contributed by atoms with Crippen LogP contribution < -0.4 is 10.5 Å². The number of aromatic nitrogens is 1. The summed E-state index contributed by atoms with van der Waals surface area (Å²) in [5.74, 6) is 0.0668. The summed E-state index contributed by atoms with van der Waals surface area (Å²) in [5, 5.41) is 0. The van der Waals surface area contributed by atoms with E-state index in [1.807, 2.05) is 35.9 Å². The number of nitrogens with zero attached hydrogens (tertiary/aromatic N) is 2. The minimum atomic E-state index is -0.523. The molecule has 2 rings (SSSR count). The van der Waals surface area contributed by atoms with Crippen LogP contribution in [-0.4, -0.2) is 40.3 Å². The molecule has 0 fully saturated rings. The summed E-state index contributed by atoms with van der Waals surface area (Å²) in [6, 6.07) is 5.02. The standard InChI is InChI=1S/C17H23N3O3/c1-11(19(4)17(22)12(2)18)10-14-7-9-20-8-5-6-15(16(14)20)23-13(3)21/h5-9,11-12H,10,18H2,1-4H3/t11?,12-/m0/s1. The first-order chi connectivity index (χ1) is 10.8. The van der Waals surface area contributed by atoms with Gasteiger partial charge in [0.05, 0.1) is 11.6 Å². The molecule has 0 saturated carbocycles. The minimum absolute atomic E-state index is 0.0231. The molecule has 1 amide bonds. The first-order valence-electron chi connectivity index (χ1n) is 7.60. The van der Waals surface area contributed by atoms with Gasteiger partial charge in [0.25, 0.3) is 0 Å². The molecule has 0 spiro atoms. The van der Waals surface area contributed by atoms with Crippen molar-refractivity contribution >= 4 is 17.4 Å². The van der Waals surface area contributed by atoms with Crippen LogP contribution in [0.25, 0.3) is 5.52 Å². The summed E-state index contributed by atoms with van der Waals surface area (Å²) >= 11 is 0. The van der Waals surface area contributed by atoms with Crippen LogP contribution in [-0.2, 0) is 16.0 Å². The Morgan fingerprint density at radius 3 is 2.61 bits per heavy atom. The number of rotatable bonds is 5. The van der Waals surface area contributed by atoms with E-state index in [4.69, 9.17) is 10.5 Å². The number of nitrogens with two attached hydrogens (primary N) is 1. The third kappa shape index (κ3) is 3.71. The number of amides is 1. The van der Waals surface area contributed by atoms with Crippen molar-refractivity contribution in [1.29, 1.82) is 0 Å². The minimum Gasteiger partial charge on any atom is -0.424 e. The van der Waals surface area contributed by atoms with E-state index in [0.717, 1.165) is 11.1 Å². The Morgan fingerprint density at radius 2 is 2.00 bits per heavy atom. The molecule has 2 aromatic heterocycles. The molecule has 2 atom stereocenters. The molecule has 0 aliphatic carbocycles. The van der Waals surface area contributed by atoms with Gasteiger partial charge in [-0.2, -0.15) is 0 Å². The number of fused-ring (bicyclic) bond motifs is 1. The summed E-state index contributed by atoms with van der Waals surface area (Å²) < 4.78 is 7.20. The van der Waals surface area contributed by atoms with Crippen LogP contribution in [0.2, 0.25) is 0 Å². The molecule has 6 heteroatoms. The first kappa shape index (κ1) is 17.0. The van der Waals surface area contributed by atoms with Gasteiger partial charge in [-0.1, -0.05) is 0 Å². The number of hydrogen-bond donors (Lipinski definition) is 1. The molecule has 0 aliphatic rings. The van der Waals surface area contributed by atoms with E-state index in [2.05, 4.69) is 0 Å². The molecule has 1 unspecified atom stereocenters.